The Kier molecular flexibility index (Phi) is 3.62. The van der Waals surface area contributed by atoms with E-state index in [1.807, 2.05) is 6.07 Å². The van der Waals surface area contributed by atoms with Gasteiger partial charge in [0.05, 0.1) is 11.7 Å². The Morgan fingerprint density at radius 2 is 2.11 bits per heavy atom. The van der Waals surface area contributed by atoms with Gasteiger partial charge in [-0.15, -0.1) is 0 Å². The molecule has 0 spiro atoms. The van der Waals surface area contributed by atoms with Crippen molar-refractivity contribution in [2.75, 3.05) is 12.4 Å². The van der Waals surface area contributed by atoms with Crippen LogP contribution in [0.15, 0.2) is 12.1 Å². The molecule has 0 bridgehead atoms. The first-order chi connectivity index (χ1) is 8.94. The van der Waals surface area contributed by atoms with Gasteiger partial charge in [0.1, 0.15) is 17.6 Å². The van der Waals surface area contributed by atoms with Crippen LogP contribution >= 0.6 is 0 Å². The highest BCUT2D eigenvalue weighted by Gasteiger charge is 2.34. The third-order valence-electron chi connectivity index (χ3n) is 3.08. The molecule has 0 saturated heterocycles. The van der Waals surface area contributed by atoms with Crippen molar-refractivity contribution < 1.29 is 17.9 Å². The minimum absolute atomic E-state index is 0.00645. The molecular formula is C12H12F3N3O. The van der Waals surface area contributed by atoms with E-state index in [1.54, 1.807) is 7.11 Å². The highest BCUT2D eigenvalue weighted by molar-refractivity contribution is 5.53. The summed E-state index contributed by atoms with van der Waals surface area (Å²) in [5.41, 5.74) is -0.898. The highest BCUT2D eigenvalue weighted by Crippen LogP contribution is 2.31. The fraction of sp³-hybridized carbons (Fsp3) is 0.500. The van der Waals surface area contributed by atoms with E-state index in [0.29, 0.717) is 12.8 Å². The molecule has 0 amide bonds. The van der Waals surface area contributed by atoms with Gasteiger partial charge >= 0.3 is 6.18 Å². The zero-order valence-corrected chi connectivity index (χ0v) is 10.2. The van der Waals surface area contributed by atoms with Crippen LogP contribution in [0.3, 0.4) is 0 Å². The van der Waals surface area contributed by atoms with Gasteiger partial charge in [0, 0.05) is 13.2 Å². The lowest BCUT2D eigenvalue weighted by molar-refractivity contribution is -0.141. The number of nitriles is 1. The highest BCUT2D eigenvalue weighted by atomic mass is 19.4. The van der Waals surface area contributed by atoms with Crippen LogP contribution in [0.25, 0.3) is 0 Å². The van der Waals surface area contributed by atoms with Crippen molar-refractivity contribution in [2.24, 2.45) is 0 Å². The maximum atomic E-state index is 12.6. The van der Waals surface area contributed by atoms with Crippen LogP contribution < -0.4 is 5.32 Å². The summed E-state index contributed by atoms with van der Waals surface area (Å²) in [6.45, 7) is 0. The third-order valence-corrected chi connectivity index (χ3v) is 3.08. The van der Waals surface area contributed by atoms with Crippen LogP contribution in [0.2, 0.25) is 0 Å². The fourth-order valence-electron chi connectivity index (χ4n) is 1.89. The zero-order chi connectivity index (χ0) is 14.0. The monoisotopic (exact) mass is 271 g/mol. The summed E-state index contributed by atoms with van der Waals surface area (Å²) in [7, 11) is 1.59. The van der Waals surface area contributed by atoms with Gasteiger partial charge in [0.15, 0.2) is 0 Å². The summed E-state index contributed by atoms with van der Waals surface area (Å²) >= 11 is 0. The maximum absolute atomic E-state index is 12.6. The van der Waals surface area contributed by atoms with E-state index >= 15 is 0 Å². The minimum Gasteiger partial charge on any atom is -0.381 e. The number of aromatic nitrogens is 1. The molecule has 0 unspecified atom stereocenters. The van der Waals surface area contributed by atoms with Gasteiger partial charge in [-0.05, 0) is 25.0 Å². The van der Waals surface area contributed by atoms with Crippen LogP contribution in [0.4, 0.5) is 19.0 Å². The average Bonchev–Trinajstić information content (AvgIpc) is 2.31. The van der Waals surface area contributed by atoms with Crippen molar-refractivity contribution in [3.05, 3.63) is 23.4 Å². The van der Waals surface area contributed by atoms with Gasteiger partial charge in [-0.3, -0.25) is 0 Å². The summed E-state index contributed by atoms with van der Waals surface area (Å²) in [5, 5.41) is 11.7. The lowest BCUT2D eigenvalue weighted by atomic mass is 9.89. The van der Waals surface area contributed by atoms with Crippen LogP contribution in [-0.4, -0.2) is 24.2 Å². The molecule has 1 aromatic rings. The van der Waals surface area contributed by atoms with E-state index in [-0.39, 0.29) is 23.5 Å². The van der Waals surface area contributed by atoms with E-state index in [9.17, 15) is 13.2 Å². The molecule has 0 radical (unpaired) electrons. The molecule has 1 saturated carbocycles. The van der Waals surface area contributed by atoms with Gasteiger partial charge in [-0.1, -0.05) is 0 Å². The first-order valence-electron chi connectivity index (χ1n) is 5.71. The van der Waals surface area contributed by atoms with Gasteiger partial charge in [0.2, 0.25) is 0 Å². The number of hydrogen-bond acceptors (Lipinski definition) is 4. The average molecular weight is 271 g/mol. The summed E-state index contributed by atoms with van der Waals surface area (Å²) in [4.78, 5) is 3.49. The van der Waals surface area contributed by atoms with Crippen molar-refractivity contribution >= 4 is 5.82 Å². The Hall–Kier alpha value is -1.81. The van der Waals surface area contributed by atoms with E-state index in [2.05, 4.69) is 10.3 Å². The molecule has 19 heavy (non-hydrogen) atoms. The number of halogens is 3. The van der Waals surface area contributed by atoms with E-state index in [4.69, 9.17) is 10.00 Å². The van der Waals surface area contributed by atoms with Crippen molar-refractivity contribution in [1.29, 1.82) is 5.26 Å². The molecule has 7 heteroatoms. The molecule has 1 aromatic heterocycles. The molecule has 0 aromatic carbocycles. The molecule has 1 aliphatic rings. The SMILES string of the molecule is COC1CC(Nc2nc(C(F)(F)F)ccc2C#N)C1. The van der Waals surface area contributed by atoms with Gasteiger partial charge in [-0.25, -0.2) is 4.98 Å². The number of pyridine rings is 1. The predicted octanol–water partition coefficient (Wildman–Crippen LogP) is 2.56. The van der Waals surface area contributed by atoms with Crippen LogP contribution in [0, 0.1) is 11.3 Å². The van der Waals surface area contributed by atoms with E-state index in [0.717, 1.165) is 12.1 Å². The number of methoxy groups -OCH3 is 1. The first-order valence-corrected chi connectivity index (χ1v) is 5.71. The molecule has 1 aliphatic carbocycles. The van der Waals surface area contributed by atoms with Crippen LogP contribution in [0.5, 0.6) is 0 Å². The second-order valence-corrected chi connectivity index (χ2v) is 4.37. The summed E-state index contributed by atoms with van der Waals surface area (Å²) < 4.78 is 42.8. The van der Waals surface area contributed by atoms with Crippen molar-refractivity contribution in [3.8, 4) is 6.07 Å². The molecule has 102 valence electrons. The number of nitrogens with zero attached hydrogens (tertiary/aromatic N) is 2. The van der Waals surface area contributed by atoms with Crippen molar-refractivity contribution in [3.63, 3.8) is 0 Å². The largest absolute Gasteiger partial charge is 0.433 e. The fourth-order valence-corrected chi connectivity index (χ4v) is 1.89. The number of rotatable bonds is 3. The Balaban J connectivity index is 2.16. The Morgan fingerprint density at radius 1 is 1.42 bits per heavy atom. The van der Waals surface area contributed by atoms with Crippen LogP contribution in [-0.2, 0) is 10.9 Å². The number of nitrogens with one attached hydrogen (secondary N) is 1. The predicted molar refractivity (Wildman–Crippen MR) is 61.4 cm³/mol. The topological polar surface area (TPSA) is 57.9 Å². The second-order valence-electron chi connectivity index (χ2n) is 4.37. The summed E-state index contributed by atoms with van der Waals surface area (Å²) in [5.74, 6) is -0.0168. The second kappa shape index (κ2) is 5.05. The van der Waals surface area contributed by atoms with Gasteiger partial charge in [-0.2, -0.15) is 18.4 Å². The lowest BCUT2D eigenvalue weighted by Gasteiger charge is -2.35. The number of hydrogen-bond donors (Lipinski definition) is 1. The summed E-state index contributed by atoms with van der Waals surface area (Å²) in [6.07, 6.45) is -3.01. The van der Waals surface area contributed by atoms with E-state index in [1.165, 1.54) is 0 Å². The molecule has 0 atom stereocenters. The quantitative estimate of drug-likeness (QED) is 0.917. The van der Waals surface area contributed by atoms with Crippen LogP contribution in [0.1, 0.15) is 24.1 Å². The maximum Gasteiger partial charge on any atom is 0.433 e. The number of ether oxygens (including phenoxy) is 1. The third kappa shape index (κ3) is 2.96. The molecule has 1 heterocycles. The van der Waals surface area contributed by atoms with E-state index < -0.39 is 11.9 Å². The molecule has 0 aliphatic heterocycles. The van der Waals surface area contributed by atoms with Gasteiger partial charge < -0.3 is 10.1 Å². The lowest BCUT2D eigenvalue weighted by Crippen LogP contribution is -2.40. The standard InChI is InChI=1S/C12H12F3N3O/c1-19-9-4-8(5-9)17-11-7(6-16)2-3-10(18-11)12(13,14)15/h2-3,8-9H,4-5H2,1H3,(H,17,18). The minimum atomic E-state index is -4.51. The number of alkyl halides is 3. The smallest absolute Gasteiger partial charge is 0.381 e. The molecule has 4 nitrogen and oxygen atoms in total. The molecule has 1 N–H and O–H groups in total. The Labute approximate surface area is 108 Å². The molecule has 1 fully saturated rings. The Bertz CT molecular complexity index is 504. The zero-order valence-electron chi connectivity index (χ0n) is 10.2. The summed E-state index contributed by atoms with van der Waals surface area (Å²) in [6, 6.07) is 3.76. The number of anilines is 1. The van der Waals surface area contributed by atoms with Crippen molar-refractivity contribution in [2.45, 2.75) is 31.2 Å². The molecule has 2 rings (SSSR count). The van der Waals surface area contributed by atoms with Gasteiger partial charge in [0.25, 0.3) is 0 Å². The van der Waals surface area contributed by atoms with Crippen molar-refractivity contribution in [1.82, 2.24) is 4.98 Å². The first kappa shape index (κ1) is 13.6. The molecular weight excluding hydrogens is 259 g/mol. The normalized spacial score (nSPS) is 22.5. The Morgan fingerprint density at radius 3 is 2.63 bits per heavy atom.